The van der Waals surface area contributed by atoms with Crippen molar-refractivity contribution in [2.75, 3.05) is 17.3 Å². The molecule has 0 bridgehead atoms. The van der Waals surface area contributed by atoms with Gasteiger partial charge in [0.2, 0.25) is 5.95 Å². The first-order valence-corrected chi connectivity index (χ1v) is 7.72. The fraction of sp³-hybridized carbons (Fsp3) is 0.692. The zero-order chi connectivity index (χ0) is 13.8. The monoisotopic (exact) mass is 327 g/mol. The molecule has 0 saturated carbocycles. The molecule has 106 valence electrons. The highest BCUT2D eigenvalue weighted by Crippen LogP contribution is 2.26. The maximum absolute atomic E-state index is 4.50. The molecule has 1 fully saturated rings. The minimum absolute atomic E-state index is 0.521. The summed E-state index contributed by atoms with van der Waals surface area (Å²) in [5, 5.41) is 5.43. The van der Waals surface area contributed by atoms with Crippen molar-refractivity contribution in [3.63, 3.8) is 0 Å². The number of nitrogens with zero attached hydrogens (tertiary/aromatic N) is 3. The summed E-state index contributed by atoms with van der Waals surface area (Å²) in [6.45, 7) is 7.36. The van der Waals surface area contributed by atoms with Gasteiger partial charge in [-0.05, 0) is 49.5 Å². The number of aromatic nitrogens is 2. The Kier molecular flexibility index (Phi) is 4.99. The van der Waals surface area contributed by atoms with E-state index in [1.165, 1.54) is 19.3 Å². The Labute approximate surface area is 123 Å². The van der Waals surface area contributed by atoms with Crippen molar-refractivity contribution < 1.29 is 0 Å². The topological polar surface area (TPSA) is 53.1 Å². The lowest BCUT2D eigenvalue weighted by Crippen LogP contribution is -2.47. The molecule has 1 aromatic rings. The molecule has 1 aromatic heterocycles. The molecule has 1 aliphatic heterocycles. The summed E-state index contributed by atoms with van der Waals surface area (Å²) >= 11 is 3.51. The zero-order valence-electron chi connectivity index (χ0n) is 11.8. The van der Waals surface area contributed by atoms with Crippen LogP contribution in [0.25, 0.3) is 0 Å². The summed E-state index contributed by atoms with van der Waals surface area (Å²) in [6, 6.07) is 1.04. The number of nitrogens with one attached hydrogen (secondary N) is 2. The van der Waals surface area contributed by atoms with Crippen molar-refractivity contribution in [1.29, 1.82) is 0 Å². The van der Waals surface area contributed by atoms with Gasteiger partial charge in [0.1, 0.15) is 0 Å². The van der Waals surface area contributed by atoms with E-state index in [2.05, 4.69) is 55.5 Å². The molecule has 2 unspecified atom stereocenters. The van der Waals surface area contributed by atoms with E-state index < -0.39 is 0 Å². The minimum atomic E-state index is 0.521. The van der Waals surface area contributed by atoms with E-state index in [4.69, 9.17) is 0 Å². The van der Waals surface area contributed by atoms with Crippen molar-refractivity contribution in [1.82, 2.24) is 15.0 Å². The lowest BCUT2D eigenvalue weighted by Gasteiger charge is -2.39. The van der Waals surface area contributed by atoms with Gasteiger partial charge in [-0.15, -0.1) is 0 Å². The number of piperidine rings is 1. The van der Waals surface area contributed by atoms with Crippen LogP contribution in [0.5, 0.6) is 0 Å². The highest BCUT2D eigenvalue weighted by molar-refractivity contribution is 9.10. The SMILES string of the molecule is CCNc1ncc(Br)c(NN2C(C)CCCC2C)n1. The summed E-state index contributed by atoms with van der Waals surface area (Å²) in [5.41, 5.74) is 3.44. The Hall–Kier alpha value is -0.880. The van der Waals surface area contributed by atoms with Gasteiger partial charge in [-0.3, -0.25) is 0 Å². The van der Waals surface area contributed by atoms with E-state index in [1.54, 1.807) is 6.20 Å². The molecule has 2 heterocycles. The summed E-state index contributed by atoms with van der Waals surface area (Å²) in [7, 11) is 0. The maximum Gasteiger partial charge on any atom is 0.224 e. The van der Waals surface area contributed by atoms with Crippen LogP contribution in [-0.4, -0.2) is 33.6 Å². The molecule has 0 aromatic carbocycles. The molecule has 19 heavy (non-hydrogen) atoms. The van der Waals surface area contributed by atoms with Crippen molar-refractivity contribution in [2.45, 2.75) is 52.1 Å². The van der Waals surface area contributed by atoms with Gasteiger partial charge in [0.15, 0.2) is 5.82 Å². The maximum atomic E-state index is 4.50. The molecule has 0 amide bonds. The highest BCUT2D eigenvalue weighted by atomic mass is 79.9. The fourth-order valence-corrected chi connectivity index (χ4v) is 2.73. The van der Waals surface area contributed by atoms with E-state index in [9.17, 15) is 0 Å². The average molecular weight is 328 g/mol. The molecular weight excluding hydrogens is 306 g/mol. The Morgan fingerprint density at radius 1 is 1.37 bits per heavy atom. The van der Waals surface area contributed by atoms with Gasteiger partial charge < -0.3 is 10.7 Å². The van der Waals surface area contributed by atoms with Gasteiger partial charge in [-0.2, -0.15) is 4.98 Å². The van der Waals surface area contributed by atoms with Crippen molar-refractivity contribution >= 4 is 27.7 Å². The Morgan fingerprint density at radius 2 is 2.05 bits per heavy atom. The second-order valence-electron chi connectivity index (χ2n) is 5.07. The third kappa shape index (κ3) is 3.57. The molecule has 2 rings (SSSR count). The smallest absolute Gasteiger partial charge is 0.224 e. The van der Waals surface area contributed by atoms with Crippen LogP contribution in [0.15, 0.2) is 10.7 Å². The zero-order valence-corrected chi connectivity index (χ0v) is 13.4. The predicted molar refractivity (Wildman–Crippen MR) is 82.1 cm³/mol. The van der Waals surface area contributed by atoms with Crippen LogP contribution >= 0.6 is 15.9 Å². The Morgan fingerprint density at radius 3 is 2.68 bits per heavy atom. The summed E-state index contributed by atoms with van der Waals surface area (Å²) in [5.74, 6) is 1.48. The second kappa shape index (κ2) is 6.52. The normalized spacial score (nSPS) is 24.2. The van der Waals surface area contributed by atoms with E-state index in [1.807, 2.05) is 6.92 Å². The molecule has 2 atom stereocenters. The average Bonchev–Trinajstić information content (AvgIpc) is 2.38. The van der Waals surface area contributed by atoms with Gasteiger partial charge >= 0.3 is 0 Å². The number of hydrogen-bond acceptors (Lipinski definition) is 5. The van der Waals surface area contributed by atoms with E-state index in [0.29, 0.717) is 18.0 Å². The molecule has 6 heteroatoms. The Bertz CT molecular complexity index is 415. The number of halogens is 1. The fourth-order valence-electron chi connectivity index (χ4n) is 2.45. The quantitative estimate of drug-likeness (QED) is 0.888. The Balaban J connectivity index is 2.14. The van der Waals surface area contributed by atoms with Crippen LogP contribution < -0.4 is 10.7 Å². The van der Waals surface area contributed by atoms with E-state index >= 15 is 0 Å². The predicted octanol–water partition coefficient (Wildman–Crippen LogP) is 3.26. The summed E-state index contributed by atoms with van der Waals surface area (Å²) in [6.07, 6.45) is 5.53. The largest absolute Gasteiger partial charge is 0.354 e. The van der Waals surface area contributed by atoms with Crippen molar-refractivity contribution in [3.05, 3.63) is 10.7 Å². The second-order valence-corrected chi connectivity index (χ2v) is 5.92. The molecular formula is C13H22BrN5. The minimum Gasteiger partial charge on any atom is -0.354 e. The number of anilines is 2. The van der Waals surface area contributed by atoms with Crippen LogP contribution in [-0.2, 0) is 0 Å². The van der Waals surface area contributed by atoms with Gasteiger partial charge in [0, 0.05) is 24.8 Å². The van der Waals surface area contributed by atoms with E-state index in [-0.39, 0.29) is 0 Å². The lowest BCUT2D eigenvalue weighted by atomic mass is 10.00. The van der Waals surface area contributed by atoms with Gasteiger partial charge in [-0.1, -0.05) is 6.42 Å². The van der Waals surface area contributed by atoms with Gasteiger partial charge in [0.25, 0.3) is 0 Å². The molecule has 5 nitrogen and oxygen atoms in total. The van der Waals surface area contributed by atoms with Gasteiger partial charge in [0.05, 0.1) is 4.47 Å². The molecule has 0 aliphatic carbocycles. The van der Waals surface area contributed by atoms with Crippen molar-refractivity contribution in [2.24, 2.45) is 0 Å². The number of hydrogen-bond donors (Lipinski definition) is 2. The third-order valence-corrected chi connectivity index (χ3v) is 4.09. The number of hydrazine groups is 1. The summed E-state index contributed by atoms with van der Waals surface area (Å²) < 4.78 is 0.888. The number of rotatable bonds is 4. The van der Waals surface area contributed by atoms with Crippen LogP contribution in [0.4, 0.5) is 11.8 Å². The first-order chi connectivity index (χ1) is 9.11. The van der Waals surface area contributed by atoms with E-state index in [0.717, 1.165) is 16.8 Å². The molecule has 1 saturated heterocycles. The van der Waals surface area contributed by atoms with Crippen LogP contribution in [0.2, 0.25) is 0 Å². The van der Waals surface area contributed by atoms with Crippen molar-refractivity contribution in [3.8, 4) is 0 Å². The molecule has 0 spiro atoms. The highest BCUT2D eigenvalue weighted by Gasteiger charge is 2.25. The van der Waals surface area contributed by atoms with Gasteiger partial charge in [-0.25, -0.2) is 9.99 Å². The third-order valence-electron chi connectivity index (χ3n) is 3.51. The molecule has 2 N–H and O–H groups in total. The van der Waals surface area contributed by atoms with Crippen LogP contribution in [0, 0.1) is 0 Å². The van der Waals surface area contributed by atoms with Crippen LogP contribution in [0.3, 0.4) is 0 Å². The van der Waals surface area contributed by atoms with Crippen LogP contribution in [0.1, 0.15) is 40.0 Å². The first kappa shape index (κ1) is 14.5. The lowest BCUT2D eigenvalue weighted by molar-refractivity contribution is 0.135. The summed E-state index contributed by atoms with van der Waals surface area (Å²) in [4.78, 5) is 8.74. The first-order valence-electron chi connectivity index (χ1n) is 6.93. The standard InChI is InChI=1S/C13H22BrN5/c1-4-15-13-16-8-11(14)12(17-13)18-19-9(2)6-5-7-10(19)3/h8-10H,4-7H2,1-3H3,(H2,15,16,17,18). The molecule has 0 radical (unpaired) electrons. The molecule has 1 aliphatic rings.